The number of aromatic nitrogens is 4. The molecule has 0 saturated carbocycles. The summed E-state index contributed by atoms with van der Waals surface area (Å²) >= 11 is 0. The van der Waals surface area contributed by atoms with E-state index < -0.39 is 0 Å². The standard InChI is InChI=1S/C16H25N5/c1-4-11-16(3,13-17-5-2)12-15-18-19-20-21(15)14-9-7-6-8-10-14/h6-10,17H,4-5,11-13H2,1-3H3. The average molecular weight is 287 g/mol. The highest BCUT2D eigenvalue weighted by atomic mass is 15.5. The molecule has 0 aliphatic rings. The van der Waals surface area contributed by atoms with Crippen molar-refractivity contribution in [2.24, 2.45) is 5.41 Å². The number of rotatable bonds is 8. The lowest BCUT2D eigenvalue weighted by molar-refractivity contribution is 0.270. The van der Waals surface area contributed by atoms with Crippen LogP contribution < -0.4 is 5.32 Å². The molecule has 0 fully saturated rings. The second kappa shape index (κ2) is 7.31. The molecule has 5 nitrogen and oxygen atoms in total. The van der Waals surface area contributed by atoms with Crippen molar-refractivity contribution in [2.75, 3.05) is 13.1 Å². The van der Waals surface area contributed by atoms with Gasteiger partial charge in [0.15, 0.2) is 5.82 Å². The van der Waals surface area contributed by atoms with Crippen molar-refractivity contribution >= 4 is 0 Å². The summed E-state index contributed by atoms with van der Waals surface area (Å²) in [5.41, 5.74) is 1.19. The summed E-state index contributed by atoms with van der Waals surface area (Å²) in [5.74, 6) is 0.926. The Hall–Kier alpha value is -1.75. The summed E-state index contributed by atoms with van der Waals surface area (Å²) in [6.45, 7) is 8.65. The van der Waals surface area contributed by atoms with E-state index in [0.717, 1.165) is 43.9 Å². The van der Waals surface area contributed by atoms with Crippen LogP contribution in [0.1, 0.15) is 39.4 Å². The van der Waals surface area contributed by atoms with Crippen molar-refractivity contribution in [1.29, 1.82) is 0 Å². The molecule has 0 aliphatic carbocycles. The van der Waals surface area contributed by atoms with Gasteiger partial charge in [-0.1, -0.05) is 45.4 Å². The molecule has 1 aromatic carbocycles. The lowest BCUT2D eigenvalue weighted by Gasteiger charge is -2.29. The molecule has 1 atom stereocenters. The van der Waals surface area contributed by atoms with Gasteiger partial charge in [-0.25, -0.2) is 0 Å². The van der Waals surface area contributed by atoms with Crippen LogP contribution in [0.25, 0.3) is 5.69 Å². The van der Waals surface area contributed by atoms with Gasteiger partial charge in [-0.05, 0) is 40.9 Å². The predicted molar refractivity (Wildman–Crippen MR) is 84.4 cm³/mol. The minimum absolute atomic E-state index is 0.173. The summed E-state index contributed by atoms with van der Waals surface area (Å²) in [4.78, 5) is 0. The van der Waals surface area contributed by atoms with Gasteiger partial charge < -0.3 is 5.32 Å². The summed E-state index contributed by atoms with van der Waals surface area (Å²) in [6.07, 6.45) is 3.19. The van der Waals surface area contributed by atoms with Gasteiger partial charge >= 0.3 is 0 Å². The Balaban J connectivity index is 2.20. The quantitative estimate of drug-likeness (QED) is 0.811. The average Bonchev–Trinajstić information content (AvgIpc) is 2.94. The topological polar surface area (TPSA) is 55.6 Å². The van der Waals surface area contributed by atoms with Crippen molar-refractivity contribution in [3.8, 4) is 5.69 Å². The Bertz CT molecular complexity index is 537. The van der Waals surface area contributed by atoms with E-state index in [0.29, 0.717) is 0 Å². The first-order valence-electron chi connectivity index (χ1n) is 7.72. The van der Waals surface area contributed by atoms with Crippen LogP contribution in [0.3, 0.4) is 0 Å². The Morgan fingerprint density at radius 3 is 2.62 bits per heavy atom. The fourth-order valence-corrected chi connectivity index (χ4v) is 2.74. The third-order valence-electron chi connectivity index (χ3n) is 3.78. The van der Waals surface area contributed by atoms with Crippen molar-refractivity contribution < 1.29 is 0 Å². The molecule has 2 rings (SSSR count). The Labute approximate surface area is 126 Å². The van der Waals surface area contributed by atoms with Crippen LogP contribution in [-0.2, 0) is 6.42 Å². The highest BCUT2D eigenvalue weighted by Crippen LogP contribution is 2.27. The number of hydrogen-bond acceptors (Lipinski definition) is 4. The number of nitrogens with zero attached hydrogens (tertiary/aromatic N) is 4. The lowest BCUT2D eigenvalue weighted by atomic mass is 9.82. The van der Waals surface area contributed by atoms with Gasteiger partial charge in [0.1, 0.15) is 0 Å². The molecule has 21 heavy (non-hydrogen) atoms. The SMILES string of the molecule is CCCC(C)(CNCC)Cc1nnnn1-c1ccccc1. The summed E-state index contributed by atoms with van der Waals surface area (Å²) in [5, 5.41) is 15.7. The largest absolute Gasteiger partial charge is 0.316 e. The number of nitrogens with one attached hydrogen (secondary N) is 1. The van der Waals surface area contributed by atoms with E-state index in [1.54, 1.807) is 0 Å². The van der Waals surface area contributed by atoms with Crippen LogP contribution in [-0.4, -0.2) is 33.3 Å². The minimum atomic E-state index is 0.173. The van der Waals surface area contributed by atoms with Crippen LogP contribution in [0.2, 0.25) is 0 Å². The first kappa shape index (κ1) is 15.6. The Morgan fingerprint density at radius 1 is 1.19 bits per heavy atom. The molecule has 0 radical (unpaired) electrons. The van der Waals surface area contributed by atoms with Crippen LogP contribution in [0.15, 0.2) is 30.3 Å². The molecular weight excluding hydrogens is 262 g/mol. The van der Waals surface area contributed by atoms with Gasteiger partial charge in [0.25, 0.3) is 0 Å². The number of benzene rings is 1. The second-order valence-electron chi connectivity index (χ2n) is 5.86. The molecule has 1 heterocycles. The van der Waals surface area contributed by atoms with Crippen LogP contribution in [0.4, 0.5) is 0 Å². The summed E-state index contributed by atoms with van der Waals surface area (Å²) in [7, 11) is 0. The number of para-hydroxylation sites is 1. The molecule has 2 aromatic rings. The van der Waals surface area contributed by atoms with E-state index in [1.165, 1.54) is 0 Å². The summed E-state index contributed by atoms with van der Waals surface area (Å²) in [6, 6.07) is 10.1. The smallest absolute Gasteiger partial charge is 0.157 e. The van der Waals surface area contributed by atoms with Crippen molar-refractivity contribution in [1.82, 2.24) is 25.5 Å². The van der Waals surface area contributed by atoms with E-state index in [4.69, 9.17) is 0 Å². The molecule has 1 aromatic heterocycles. The molecule has 0 amide bonds. The van der Waals surface area contributed by atoms with E-state index in [2.05, 4.69) is 41.6 Å². The maximum atomic E-state index is 4.24. The highest BCUT2D eigenvalue weighted by molar-refractivity contribution is 5.30. The zero-order chi connectivity index (χ0) is 15.1. The van der Waals surface area contributed by atoms with E-state index in [9.17, 15) is 0 Å². The third-order valence-corrected chi connectivity index (χ3v) is 3.78. The second-order valence-corrected chi connectivity index (χ2v) is 5.86. The van der Waals surface area contributed by atoms with Gasteiger partial charge in [-0.3, -0.25) is 0 Å². The number of hydrogen-bond donors (Lipinski definition) is 1. The lowest BCUT2D eigenvalue weighted by Crippen LogP contribution is -2.34. The first-order valence-corrected chi connectivity index (χ1v) is 7.72. The fraction of sp³-hybridized carbons (Fsp3) is 0.562. The van der Waals surface area contributed by atoms with Crippen LogP contribution >= 0.6 is 0 Å². The molecule has 1 N–H and O–H groups in total. The molecule has 1 unspecified atom stereocenters. The van der Waals surface area contributed by atoms with Crippen molar-refractivity contribution in [3.05, 3.63) is 36.2 Å². The zero-order valence-electron chi connectivity index (χ0n) is 13.2. The molecule has 0 bridgehead atoms. The maximum Gasteiger partial charge on any atom is 0.157 e. The van der Waals surface area contributed by atoms with Crippen LogP contribution in [0, 0.1) is 5.41 Å². The van der Waals surface area contributed by atoms with Crippen LogP contribution in [0.5, 0.6) is 0 Å². The molecule has 0 spiro atoms. The molecule has 114 valence electrons. The first-order chi connectivity index (χ1) is 10.2. The maximum absolute atomic E-state index is 4.24. The van der Waals surface area contributed by atoms with Gasteiger partial charge in [0, 0.05) is 13.0 Å². The van der Waals surface area contributed by atoms with Gasteiger partial charge in [0.2, 0.25) is 0 Å². The molecule has 0 saturated heterocycles. The van der Waals surface area contributed by atoms with Crippen molar-refractivity contribution in [3.63, 3.8) is 0 Å². The van der Waals surface area contributed by atoms with E-state index in [-0.39, 0.29) is 5.41 Å². The third kappa shape index (κ3) is 4.11. The monoisotopic (exact) mass is 287 g/mol. The minimum Gasteiger partial charge on any atom is -0.316 e. The molecular formula is C16H25N5. The zero-order valence-corrected chi connectivity index (χ0v) is 13.2. The van der Waals surface area contributed by atoms with Gasteiger partial charge in [0.05, 0.1) is 5.69 Å². The Kier molecular flexibility index (Phi) is 5.44. The molecule has 0 aliphatic heterocycles. The van der Waals surface area contributed by atoms with Crippen molar-refractivity contribution in [2.45, 2.75) is 40.0 Å². The number of tetrazole rings is 1. The normalized spacial score (nSPS) is 14.0. The van der Waals surface area contributed by atoms with Gasteiger partial charge in [-0.2, -0.15) is 4.68 Å². The van der Waals surface area contributed by atoms with E-state index >= 15 is 0 Å². The highest BCUT2D eigenvalue weighted by Gasteiger charge is 2.26. The summed E-state index contributed by atoms with van der Waals surface area (Å²) < 4.78 is 1.85. The predicted octanol–water partition coefficient (Wildman–Crippen LogP) is 2.62. The molecule has 5 heteroatoms. The fourth-order valence-electron chi connectivity index (χ4n) is 2.74. The van der Waals surface area contributed by atoms with Gasteiger partial charge in [-0.15, -0.1) is 5.10 Å². The van der Waals surface area contributed by atoms with E-state index in [1.807, 2.05) is 35.0 Å². The Morgan fingerprint density at radius 2 is 1.95 bits per heavy atom.